The van der Waals surface area contributed by atoms with E-state index in [4.69, 9.17) is 25.4 Å². The third-order valence-corrected chi connectivity index (χ3v) is 7.50. The molecule has 1 aliphatic heterocycles. The third kappa shape index (κ3) is 6.21. The second-order valence-corrected chi connectivity index (χ2v) is 10.5. The molecule has 1 unspecified atom stereocenters. The number of nitrogens with zero attached hydrogens (tertiary/aromatic N) is 3. The van der Waals surface area contributed by atoms with Gasteiger partial charge in [-0.25, -0.2) is 14.2 Å². The summed E-state index contributed by atoms with van der Waals surface area (Å²) >= 11 is 0. The number of halogens is 2. The van der Waals surface area contributed by atoms with Gasteiger partial charge in [0, 0.05) is 23.9 Å². The Balaban J connectivity index is 1.50. The Bertz CT molecular complexity index is 1570. The van der Waals surface area contributed by atoms with Gasteiger partial charge in [-0.1, -0.05) is 12.8 Å². The second kappa shape index (κ2) is 12.2. The number of carbonyl (C=O) groups is 1. The number of phenolic OH excluding ortho intramolecular Hbond substituents is 1. The van der Waals surface area contributed by atoms with Crippen molar-refractivity contribution in [1.29, 1.82) is 5.41 Å². The molecule has 5 rings (SSSR count). The summed E-state index contributed by atoms with van der Waals surface area (Å²) in [6, 6.07) is 8.31. The summed E-state index contributed by atoms with van der Waals surface area (Å²) in [4.78, 5) is 22.3. The molecule has 0 radical (unpaired) electrons. The Morgan fingerprint density at radius 1 is 1.09 bits per heavy atom. The van der Waals surface area contributed by atoms with E-state index in [9.17, 15) is 19.4 Å². The van der Waals surface area contributed by atoms with E-state index >= 15 is 4.39 Å². The number of nitrogens with two attached hydrogens (primary N) is 1. The summed E-state index contributed by atoms with van der Waals surface area (Å²) in [5, 5.41) is 27.8. The van der Waals surface area contributed by atoms with Crippen LogP contribution in [0.4, 0.5) is 8.78 Å². The Morgan fingerprint density at radius 3 is 2.49 bits per heavy atom. The van der Waals surface area contributed by atoms with Gasteiger partial charge >= 0.3 is 5.97 Å². The van der Waals surface area contributed by atoms with Crippen LogP contribution in [0.1, 0.15) is 55.8 Å². The SMILES string of the molecule is CN1CC=NC1c1cc(OC2(C(=O)O)CCCCCC2)ccc1Oc1c(F)cnc(Oc2cc(C(=N)N)ccc2O)c1F. The van der Waals surface area contributed by atoms with Crippen LogP contribution in [0.25, 0.3) is 0 Å². The summed E-state index contributed by atoms with van der Waals surface area (Å²) in [5.74, 6) is -5.60. The Kier molecular flexibility index (Phi) is 8.44. The number of hydrogen-bond donors (Lipinski definition) is 4. The third-order valence-electron chi connectivity index (χ3n) is 7.50. The van der Waals surface area contributed by atoms with Gasteiger partial charge in [0.15, 0.2) is 17.3 Å². The van der Waals surface area contributed by atoms with Gasteiger partial charge in [-0.05, 0) is 69.1 Å². The lowest BCUT2D eigenvalue weighted by Crippen LogP contribution is -2.44. The van der Waals surface area contributed by atoms with Crippen molar-refractivity contribution in [1.82, 2.24) is 9.88 Å². The number of nitrogens with one attached hydrogen (secondary N) is 1. The molecule has 13 heteroatoms. The van der Waals surface area contributed by atoms with Crippen molar-refractivity contribution in [3.63, 3.8) is 0 Å². The number of phenols is 1. The quantitative estimate of drug-likeness (QED) is 0.142. The van der Waals surface area contributed by atoms with Crippen LogP contribution in [-0.2, 0) is 4.79 Å². The summed E-state index contributed by atoms with van der Waals surface area (Å²) < 4.78 is 47.9. The minimum atomic E-state index is -1.39. The molecule has 2 aromatic carbocycles. The molecule has 0 spiro atoms. The fraction of sp³-hybridized carbons (Fsp3) is 0.333. The molecule has 1 fully saturated rings. The molecule has 1 atom stereocenters. The lowest BCUT2D eigenvalue weighted by molar-refractivity contribution is -0.156. The molecule has 226 valence electrons. The maximum Gasteiger partial charge on any atom is 0.348 e. The largest absolute Gasteiger partial charge is 0.504 e. The van der Waals surface area contributed by atoms with Gasteiger partial charge in [0.1, 0.15) is 23.5 Å². The molecule has 0 bridgehead atoms. The van der Waals surface area contributed by atoms with Crippen molar-refractivity contribution in [2.75, 3.05) is 13.6 Å². The maximum absolute atomic E-state index is 15.6. The summed E-state index contributed by atoms with van der Waals surface area (Å²) in [5.41, 5.74) is 4.70. The van der Waals surface area contributed by atoms with E-state index in [1.807, 2.05) is 4.90 Å². The fourth-order valence-corrected chi connectivity index (χ4v) is 5.15. The number of aromatic hydroxyl groups is 1. The van der Waals surface area contributed by atoms with E-state index in [1.54, 1.807) is 19.3 Å². The van der Waals surface area contributed by atoms with Crippen molar-refractivity contribution in [3.05, 3.63) is 65.4 Å². The molecule has 43 heavy (non-hydrogen) atoms. The van der Waals surface area contributed by atoms with Crippen LogP contribution in [0.3, 0.4) is 0 Å². The van der Waals surface area contributed by atoms with Crippen LogP contribution in [0.15, 0.2) is 47.6 Å². The average Bonchev–Trinajstić information content (AvgIpc) is 3.25. The van der Waals surface area contributed by atoms with E-state index in [2.05, 4.69) is 9.98 Å². The number of aromatic nitrogens is 1. The van der Waals surface area contributed by atoms with E-state index in [0.717, 1.165) is 25.7 Å². The fourth-order valence-electron chi connectivity index (χ4n) is 5.15. The second-order valence-electron chi connectivity index (χ2n) is 10.5. The molecule has 0 amide bonds. The van der Waals surface area contributed by atoms with Gasteiger partial charge < -0.3 is 30.2 Å². The predicted octanol–water partition coefficient (Wildman–Crippen LogP) is 5.51. The lowest BCUT2D eigenvalue weighted by atomic mass is 9.94. The van der Waals surface area contributed by atoms with Crippen molar-refractivity contribution < 1.29 is 38.0 Å². The highest BCUT2D eigenvalue weighted by Crippen LogP contribution is 2.42. The van der Waals surface area contributed by atoms with Crippen molar-refractivity contribution in [2.24, 2.45) is 10.7 Å². The van der Waals surface area contributed by atoms with Crippen LogP contribution in [-0.4, -0.2) is 57.3 Å². The zero-order chi connectivity index (χ0) is 30.7. The van der Waals surface area contributed by atoms with Crippen molar-refractivity contribution >= 4 is 18.0 Å². The van der Waals surface area contributed by atoms with Crippen molar-refractivity contribution in [3.8, 4) is 34.6 Å². The van der Waals surface area contributed by atoms with Crippen LogP contribution in [0.2, 0.25) is 0 Å². The number of ether oxygens (including phenoxy) is 3. The first-order chi connectivity index (χ1) is 20.6. The molecule has 1 aliphatic carbocycles. The molecule has 2 heterocycles. The van der Waals surface area contributed by atoms with Crippen molar-refractivity contribution in [2.45, 2.75) is 50.3 Å². The van der Waals surface area contributed by atoms with Crippen LogP contribution in [0, 0.1) is 17.0 Å². The monoisotopic (exact) mass is 595 g/mol. The summed E-state index contributed by atoms with van der Waals surface area (Å²) in [6.45, 7) is 0.507. The first-order valence-electron chi connectivity index (χ1n) is 13.7. The molecule has 2 aliphatic rings. The maximum atomic E-state index is 15.6. The van der Waals surface area contributed by atoms with E-state index in [1.165, 1.54) is 30.3 Å². The minimum Gasteiger partial charge on any atom is -0.504 e. The first-order valence-corrected chi connectivity index (χ1v) is 13.7. The first kappa shape index (κ1) is 29.7. The van der Waals surface area contributed by atoms with E-state index in [-0.39, 0.29) is 34.4 Å². The number of amidine groups is 1. The zero-order valence-electron chi connectivity index (χ0n) is 23.3. The number of rotatable bonds is 9. The number of nitrogen functional groups attached to an aromatic ring is 1. The zero-order valence-corrected chi connectivity index (χ0v) is 23.3. The molecular weight excluding hydrogens is 564 g/mol. The molecule has 5 N–H and O–H groups in total. The smallest absolute Gasteiger partial charge is 0.348 e. The Hall–Kier alpha value is -4.78. The normalized spacial score (nSPS) is 18.2. The van der Waals surface area contributed by atoms with E-state index < -0.39 is 41.0 Å². The average molecular weight is 596 g/mol. The molecular formula is C30H31F2N5O6. The summed E-state index contributed by atoms with van der Waals surface area (Å²) in [7, 11) is 1.81. The topological polar surface area (TPSA) is 164 Å². The van der Waals surface area contributed by atoms with Gasteiger partial charge in [0.2, 0.25) is 17.2 Å². The highest BCUT2D eigenvalue weighted by Gasteiger charge is 2.41. The number of carboxylic acid groups (broad SMARTS) is 1. The molecule has 3 aromatic rings. The molecule has 1 saturated carbocycles. The predicted molar refractivity (Wildman–Crippen MR) is 152 cm³/mol. The summed E-state index contributed by atoms with van der Waals surface area (Å²) in [6.07, 6.45) is 5.81. The van der Waals surface area contributed by atoms with Gasteiger partial charge in [0.05, 0.1) is 6.20 Å². The van der Waals surface area contributed by atoms with Gasteiger partial charge in [-0.2, -0.15) is 4.39 Å². The van der Waals surface area contributed by atoms with Gasteiger partial charge in [-0.3, -0.25) is 15.3 Å². The standard InChI is InChI=1S/C30H31F2N5O6/c1-37-13-12-35-27(37)19-15-18(43-30(29(39)40)10-4-2-3-5-11-30)7-9-22(19)41-25-20(31)16-36-28(24(25)32)42-23-14-17(26(33)34)6-8-21(23)38/h6-9,12,14-16,27,38H,2-5,10-11,13H2,1H3,(H3,33,34)(H,39,40). The van der Waals surface area contributed by atoms with E-state index in [0.29, 0.717) is 31.1 Å². The number of aliphatic imine (C=N–C) groups is 1. The number of benzene rings is 2. The van der Waals surface area contributed by atoms with Gasteiger partial charge in [-0.15, -0.1) is 0 Å². The minimum absolute atomic E-state index is 0.0462. The number of hydrogen-bond acceptors (Lipinski definition) is 9. The van der Waals surface area contributed by atoms with Crippen LogP contribution < -0.4 is 19.9 Å². The number of aliphatic carboxylic acids is 1. The lowest BCUT2D eigenvalue weighted by Gasteiger charge is -2.30. The highest BCUT2D eigenvalue weighted by molar-refractivity contribution is 5.95. The number of carboxylic acids is 1. The Labute approximate surface area is 246 Å². The molecule has 0 saturated heterocycles. The molecule has 11 nitrogen and oxygen atoms in total. The highest BCUT2D eigenvalue weighted by atomic mass is 19.1. The van der Waals surface area contributed by atoms with Crippen LogP contribution >= 0.6 is 0 Å². The van der Waals surface area contributed by atoms with Gasteiger partial charge in [0.25, 0.3) is 5.88 Å². The van der Waals surface area contributed by atoms with Crippen LogP contribution in [0.5, 0.6) is 34.6 Å². The number of pyridine rings is 1. The molecule has 1 aromatic heterocycles. The Morgan fingerprint density at radius 2 is 1.84 bits per heavy atom.